The van der Waals surface area contributed by atoms with Crippen LogP contribution in [-0.4, -0.2) is 6.54 Å². The van der Waals surface area contributed by atoms with Gasteiger partial charge in [0, 0.05) is 10.0 Å². The van der Waals surface area contributed by atoms with Gasteiger partial charge in [-0.2, -0.15) is 13.2 Å². The van der Waals surface area contributed by atoms with E-state index in [0.717, 1.165) is 22.2 Å². The average Bonchev–Trinajstić information content (AvgIpc) is 2.46. The first-order valence-electron chi connectivity index (χ1n) is 6.31. The fourth-order valence-electron chi connectivity index (χ4n) is 2.25. The Morgan fingerprint density at radius 3 is 2.62 bits per heavy atom. The van der Waals surface area contributed by atoms with E-state index in [2.05, 4.69) is 21.2 Å². The highest BCUT2D eigenvalue weighted by Crippen LogP contribution is 2.40. The van der Waals surface area contributed by atoms with Crippen molar-refractivity contribution in [1.29, 1.82) is 0 Å². The van der Waals surface area contributed by atoms with Crippen molar-refractivity contribution in [2.24, 2.45) is 0 Å². The number of anilines is 1. The van der Waals surface area contributed by atoms with Crippen molar-refractivity contribution in [2.75, 3.05) is 11.9 Å². The SMILES string of the molecule is FC(F)(F)c1ccc2c(c1)NCC(c1ccccc1Br)O2. The predicted molar refractivity (Wildman–Crippen MR) is 77.4 cm³/mol. The number of alkyl halides is 3. The van der Waals surface area contributed by atoms with Crippen molar-refractivity contribution in [3.05, 3.63) is 58.1 Å². The highest BCUT2D eigenvalue weighted by atomic mass is 79.9. The molecule has 6 heteroatoms. The molecule has 0 fully saturated rings. The van der Waals surface area contributed by atoms with Crippen LogP contribution in [0.1, 0.15) is 17.2 Å². The molecule has 0 saturated carbocycles. The molecule has 0 radical (unpaired) electrons. The molecule has 0 aliphatic carbocycles. The van der Waals surface area contributed by atoms with Crippen LogP contribution in [0.5, 0.6) is 5.75 Å². The monoisotopic (exact) mass is 357 g/mol. The standard InChI is InChI=1S/C15H11BrF3NO/c16-11-4-2-1-3-10(11)14-8-20-12-7-9(15(17,18)19)5-6-13(12)21-14/h1-7,14,20H,8H2. The highest BCUT2D eigenvalue weighted by molar-refractivity contribution is 9.10. The van der Waals surface area contributed by atoms with Gasteiger partial charge in [0.05, 0.1) is 17.8 Å². The molecule has 1 unspecified atom stereocenters. The van der Waals surface area contributed by atoms with Crippen LogP contribution in [0.25, 0.3) is 0 Å². The van der Waals surface area contributed by atoms with Gasteiger partial charge in [-0.3, -0.25) is 0 Å². The zero-order valence-corrected chi connectivity index (χ0v) is 12.3. The van der Waals surface area contributed by atoms with Crippen molar-refractivity contribution < 1.29 is 17.9 Å². The first-order valence-corrected chi connectivity index (χ1v) is 7.10. The molecular weight excluding hydrogens is 347 g/mol. The number of ether oxygens (including phenoxy) is 1. The molecule has 1 N–H and O–H groups in total. The van der Waals surface area contributed by atoms with Crippen LogP contribution in [0.15, 0.2) is 46.9 Å². The maximum atomic E-state index is 12.7. The number of nitrogens with one attached hydrogen (secondary N) is 1. The van der Waals surface area contributed by atoms with E-state index in [9.17, 15) is 13.2 Å². The number of fused-ring (bicyclic) bond motifs is 1. The van der Waals surface area contributed by atoms with Crippen LogP contribution in [0.2, 0.25) is 0 Å². The van der Waals surface area contributed by atoms with Crippen LogP contribution in [0.3, 0.4) is 0 Å². The summed E-state index contributed by atoms with van der Waals surface area (Å²) in [6.07, 6.45) is -4.60. The van der Waals surface area contributed by atoms with Crippen LogP contribution in [0, 0.1) is 0 Å². The predicted octanol–water partition coefficient (Wildman–Crippen LogP) is 5.01. The molecule has 1 atom stereocenters. The molecule has 2 aromatic carbocycles. The van der Waals surface area contributed by atoms with Crippen LogP contribution in [-0.2, 0) is 6.18 Å². The second kappa shape index (κ2) is 5.26. The summed E-state index contributed by atoms with van der Waals surface area (Å²) in [4.78, 5) is 0. The Hall–Kier alpha value is -1.69. The normalized spacial score (nSPS) is 17.6. The first-order chi connectivity index (χ1) is 9.95. The quantitative estimate of drug-likeness (QED) is 0.774. The molecular formula is C15H11BrF3NO. The Balaban J connectivity index is 1.89. The molecule has 0 aromatic heterocycles. The van der Waals surface area contributed by atoms with Gasteiger partial charge in [-0.25, -0.2) is 0 Å². The fraction of sp³-hybridized carbons (Fsp3) is 0.200. The molecule has 0 spiro atoms. The largest absolute Gasteiger partial charge is 0.482 e. The number of hydrogen-bond donors (Lipinski definition) is 1. The molecule has 21 heavy (non-hydrogen) atoms. The summed E-state index contributed by atoms with van der Waals surface area (Å²) in [6.45, 7) is 0.414. The van der Waals surface area contributed by atoms with Gasteiger partial charge in [-0.1, -0.05) is 34.1 Å². The zero-order chi connectivity index (χ0) is 15.0. The summed E-state index contributed by atoms with van der Waals surface area (Å²) in [5, 5.41) is 3.01. The van der Waals surface area contributed by atoms with E-state index in [-0.39, 0.29) is 6.10 Å². The molecule has 2 nitrogen and oxygen atoms in total. The van der Waals surface area contributed by atoms with Gasteiger partial charge >= 0.3 is 6.18 Å². The van der Waals surface area contributed by atoms with Crippen LogP contribution >= 0.6 is 15.9 Å². The lowest BCUT2D eigenvalue weighted by atomic mass is 10.1. The van der Waals surface area contributed by atoms with Crippen molar-refractivity contribution >= 4 is 21.6 Å². The second-order valence-electron chi connectivity index (χ2n) is 4.72. The van der Waals surface area contributed by atoms with E-state index >= 15 is 0 Å². The van der Waals surface area contributed by atoms with Crippen LogP contribution < -0.4 is 10.1 Å². The maximum absolute atomic E-state index is 12.7. The van der Waals surface area contributed by atoms with Crippen molar-refractivity contribution in [3.8, 4) is 5.75 Å². The Bertz CT molecular complexity index is 672. The molecule has 3 rings (SSSR count). The molecule has 0 amide bonds. The zero-order valence-electron chi connectivity index (χ0n) is 10.7. The minimum absolute atomic E-state index is 0.246. The van der Waals surface area contributed by atoms with Crippen molar-refractivity contribution in [1.82, 2.24) is 0 Å². The Kier molecular flexibility index (Phi) is 3.57. The van der Waals surface area contributed by atoms with Gasteiger partial charge in [-0.15, -0.1) is 0 Å². The number of halogens is 4. The van der Waals surface area contributed by atoms with E-state index in [0.29, 0.717) is 18.0 Å². The molecule has 2 aromatic rings. The van der Waals surface area contributed by atoms with E-state index < -0.39 is 11.7 Å². The summed E-state index contributed by atoms with van der Waals surface area (Å²) >= 11 is 3.45. The third kappa shape index (κ3) is 2.85. The van der Waals surface area contributed by atoms with Crippen LogP contribution in [0.4, 0.5) is 18.9 Å². The van der Waals surface area contributed by atoms with Crippen molar-refractivity contribution in [3.63, 3.8) is 0 Å². The van der Waals surface area contributed by atoms with Crippen molar-refractivity contribution in [2.45, 2.75) is 12.3 Å². The lowest BCUT2D eigenvalue weighted by Gasteiger charge is -2.28. The first kappa shape index (κ1) is 14.3. The number of hydrogen-bond acceptors (Lipinski definition) is 2. The average molecular weight is 358 g/mol. The van der Waals surface area contributed by atoms with E-state index in [1.54, 1.807) is 0 Å². The number of benzene rings is 2. The molecule has 110 valence electrons. The molecule has 0 bridgehead atoms. The Morgan fingerprint density at radius 1 is 1.14 bits per heavy atom. The van der Waals surface area contributed by atoms with Gasteiger partial charge in [0.15, 0.2) is 0 Å². The molecule has 1 aliphatic rings. The van der Waals surface area contributed by atoms with E-state index in [4.69, 9.17) is 4.74 Å². The van der Waals surface area contributed by atoms with Gasteiger partial charge in [-0.05, 0) is 24.3 Å². The van der Waals surface area contributed by atoms with Gasteiger partial charge in [0.2, 0.25) is 0 Å². The summed E-state index contributed by atoms with van der Waals surface area (Å²) in [5.41, 5.74) is 0.639. The minimum Gasteiger partial charge on any atom is -0.482 e. The Labute approximate surface area is 128 Å². The van der Waals surface area contributed by atoms with Gasteiger partial charge in [0.1, 0.15) is 11.9 Å². The fourth-order valence-corrected chi connectivity index (χ4v) is 2.79. The van der Waals surface area contributed by atoms with Gasteiger partial charge in [0.25, 0.3) is 0 Å². The highest BCUT2D eigenvalue weighted by Gasteiger charge is 2.32. The Morgan fingerprint density at radius 2 is 1.90 bits per heavy atom. The third-order valence-corrected chi connectivity index (χ3v) is 4.03. The molecule has 0 saturated heterocycles. The lowest BCUT2D eigenvalue weighted by Crippen LogP contribution is -2.24. The topological polar surface area (TPSA) is 21.3 Å². The summed E-state index contributed by atoms with van der Waals surface area (Å²) in [5.74, 6) is 0.426. The van der Waals surface area contributed by atoms with E-state index in [1.165, 1.54) is 6.07 Å². The summed E-state index contributed by atoms with van der Waals surface area (Å²) in [7, 11) is 0. The van der Waals surface area contributed by atoms with E-state index in [1.807, 2.05) is 24.3 Å². The molecule has 1 aliphatic heterocycles. The second-order valence-corrected chi connectivity index (χ2v) is 5.57. The smallest absolute Gasteiger partial charge is 0.416 e. The summed E-state index contributed by atoms with van der Waals surface area (Å²) < 4.78 is 44.7. The van der Waals surface area contributed by atoms with Gasteiger partial charge < -0.3 is 10.1 Å². The maximum Gasteiger partial charge on any atom is 0.416 e. The summed E-state index contributed by atoms with van der Waals surface area (Å²) in [6, 6.07) is 11.1. The molecule has 1 heterocycles. The minimum atomic E-state index is -4.35. The third-order valence-electron chi connectivity index (χ3n) is 3.31. The lowest BCUT2D eigenvalue weighted by molar-refractivity contribution is -0.137. The number of rotatable bonds is 1.